The number of benzene rings is 2. The molecule has 0 aromatic heterocycles. The van der Waals surface area contributed by atoms with E-state index >= 15 is 0 Å². The quantitative estimate of drug-likeness (QED) is 0.857. The summed E-state index contributed by atoms with van der Waals surface area (Å²) in [6.45, 7) is 10.4. The SMILES string of the molecule is Cc1ccc(C)c(C(C)(O)c2cccc(CC(C)C)c2)c1. The molecule has 1 atom stereocenters. The second-order valence-electron chi connectivity index (χ2n) is 6.69. The maximum Gasteiger partial charge on any atom is 0.112 e. The molecule has 2 aromatic carbocycles. The summed E-state index contributed by atoms with van der Waals surface area (Å²) < 4.78 is 0. The fourth-order valence-corrected chi connectivity index (χ4v) is 2.89. The third-order valence-corrected chi connectivity index (χ3v) is 4.05. The van der Waals surface area contributed by atoms with Crippen molar-refractivity contribution >= 4 is 0 Å². The van der Waals surface area contributed by atoms with Crippen LogP contribution in [0.15, 0.2) is 42.5 Å². The van der Waals surface area contributed by atoms with E-state index in [2.05, 4.69) is 58.0 Å². The molecule has 21 heavy (non-hydrogen) atoms. The van der Waals surface area contributed by atoms with Gasteiger partial charge in [-0.15, -0.1) is 0 Å². The predicted molar refractivity (Wildman–Crippen MR) is 89.6 cm³/mol. The van der Waals surface area contributed by atoms with Crippen LogP contribution in [0.25, 0.3) is 0 Å². The average Bonchev–Trinajstić information content (AvgIpc) is 2.41. The number of rotatable bonds is 4. The molecule has 112 valence electrons. The predicted octanol–water partition coefficient (Wildman–Crippen LogP) is 4.76. The summed E-state index contributed by atoms with van der Waals surface area (Å²) in [5.74, 6) is 0.617. The van der Waals surface area contributed by atoms with Crippen LogP contribution in [0.1, 0.15) is 48.6 Å². The Morgan fingerprint density at radius 2 is 1.76 bits per heavy atom. The molecule has 0 aliphatic rings. The summed E-state index contributed by atoms with van der Waals surface area (Å²) in [4.78, 5) is 0. The van der Waals surface area contributed by atoms with E-state index < -0.39 is 5.60 Å². The van der Waals surface area contributed by atoms with Crippen LogP contribution in [-0.2, 0) is 12.0 Å². The zero-order chi connectivity index (χ0) is 15.6. The van der Waals surface area contributed by atoms with Gasteiger partial charge >= 0.3 is 0 Å². The Hall–Kier alpha value is -1.60. The van der Waals surface area contributed by atoms with Crippen molar-refractivity contribution in [3.63, 3.8) is 0 Å². The Balaban J connectivity index is 2.45. The van der Waals surface area contributed by atoms with E-state index in [4.69, 9.17) is 0 Å². The summed E-state index contributed by atoms with van der Waals surface area (Å²) in [6.07, 6.45) is 1.04. The Morgan fingerprint density at radius 3 is 2.43 bits per heavy atom. The standard InChI is InChI=1S/C20H26O/c1-14(2)11-17-7-6-8-18(13-17)20(5,21)19-12-15(3)9-10-16(19)4/h6-10,12-14,21H,11H2,1-5H3. The fourth-order valence-electron chi connectivity index (χ4n) is 2.89. The highest BCUT2D eigenvalue weighted by Gasteiger charge is 2.27. The van der Waals surface area contributed by atoms with Gasteiger partial charge < -0.3 is 5.11 Å². The molecule has 1 unspecified atom stereocenters. The summed E-state index contributed by atoms with van der Waals surface area (Å²) in [6, 6.07) is 14.6. The van der Waals surface area contributed by atoms with E-state index in [0.29, 0.717) is 5.92 Å². The minimum absolute atomic E-state index is 0.617. The van der Waals surface area contributed by atoms with E-state index in [1.807, 2.05) is 19.1 Å². The number of aliphatic hydroxyl groups is 1. The molecule has 0 aliphatic heterocycles. The first-order chi connectivity index (χ1) is 9.80. The lowest BCUT2D eigenvalue weighted by molar-refractivity contribution is 0.101. The summed E-state index contributed by atoms with van der Waals surface area (Å²) in [5.41, 5.74) is 4.59. The molecular formula is C20H26O. The van der Waals surface area contributed by atoms with Crippen LogP contribution < -0.4 is 0 Å². The average molecular weight is 282 g/mol. The molecule has 1 N–H and O–H groups in total. The summed E-state index contributed by atoms with van der Waals surface area (Å²) in [7, 11) is 0. The van der Waals surface area contributed by atoms with Gasteiger partial charge in [0.15, 0.2) is 0 Å². The first-order valence-corrected chi connectivity index (χ1v) is 7.70. The monoisotopic (exact) mass is 282 g/mol. The topological polar surface area (TPSA) is 20.2 Å². The van der Waals surface area contributed by atoms with Gasteiger partial charge in [0.1, 0.15) is 5.60 Å². The number of hydrogen-bond acceptors (Lipinski definition) is 1. The zero-order valence-corrected chi connectivity index (χ0v) is 13.8. The lowest BCUT2D eigenvalue weighted by atomic mass is 9.83. The molecule has 0 saturated heterocycles. The lowest BCUT2D eigenvalue weighted by Gasteiger charge is -2.27. The molecule has 2 rings (SSSR count). The van der Waals surface area contributed by atoms with Crippen LogP contribution in [0, 0.1) is 19.8 Å². The molecule has 1 nitrogen and oxygen atoms in total. The van der Waals surface area contributed by atoms with Crippen molar-refractivity contribution in [2.24, 2.45) is 5.92 Å². The van der Waals surface area contributed by atoms with Crippen LogP contribution >= 0.6 is 0 Å². The van der Waals surface area contributed by atoms with Crippen molar-refractivity contribution in [3.05, 3.63) is 70.3 Å². The van der Waals surface area contributed by atoms with Gasteiger partial charge in [0.25, 0.3) is 0 Å². The Labute approximate surface area is 128 Å². The maximum atomic E-state index is 11.1. The van der Waals surface area contributed by atoms with E-state index in [0.717, 1.165) is 23.1 Å². The van der Waals surface area contributed by atoms with E-state index in [1.54, 1.807) is 0 Å². The molecule has 0 radical (unpaired) electrons. The molecule has 0 fully saturated rings. The van der Waals surface area contributed by atoms with E-state index in [1.165, 1.54) is 11.1 Å². The summed E-state index contributed by atoms with van der Waals surface area (Å²) >= 11 is 0. The van der Waals surface area contributed by atoms with Crippen LogP contribution in [0.2, 0.25) is 0 Å². The van der Waals surface area contributed by atoms with Gasteiger partial charge in [0, 0.05) is 0 Å². The summed E-state index contributed by atoms with van der Waals surface area (Å²) in [5, 5.41) is 11.1. The van der Waals surface area contributed by atoms with Gasteiger partial charge in [-0.2, -0.15) is 0 Å². The van der Waals surface area contributed by atoms with E-state index in [9.17, 15) is 5.11 Å². The maximum absolute atomic E-state index is 11.1. The molecule has 1 heteroatoms. The van der Waals surface area contributed by atoms with Crippen molar-refractivity contribution in [2.75, 3.05) is 0 Å². The zero-order valence-electron chi connectivity index (χ0n) is 13.8. The minimum Gasteiger partial charge on any atom is -0.381 e. The van der Waals surface area contributed by atoms with Crippen molar-refractivity contribution in [2.45, 2.75) is 46.6 Å². The number of aryl methyl sites for hydroxylation is 2. The van der Waals surface area contributed by atoms with Crippen LogP contribution in [0.5, 0.6) is 0 Å². The van der Waals surface area contributed by atoms with Gasteiger partial charge in [0.05, 0.1) is 0 Å². The highest BCUT2D eigenvalue weighted by atomic mass is 16.3. The third-order valence-electron chi connectivity index (χ3n) is 4.05. The van der Waals surface area contributed by atoms with Gasteiger partial charge in [-0.25, -0.2) is 0 Å². The van der Waals surface area contributed by atoms with Crippen molar-refractivity contribution < 1.29 is 5.11 Å². The van der Waals surface area contributed by atoms with Gasteiger partial charge in [-0.3, -0.25) is 0 Å². The molecule has 0 saturated carbocycles. The molecular weight excluding hydrogens is 256 g/mol. The minimum atomic E-state index is -0.955. The fraction of sp³-hybridized carbons (Fsp3) is 0.400. The first-order valence-electron chi connectivity index (χ1n) is 7.70. The third kappa shape index (κ3) is 3.54. The van der Waals surface area contributed by atoms with Crippen molar-refractivity contribution in [1.82, 2.24) is 0 Å². The second kappa shape index (κ2) is 6.03. The van der Waals surface area contributed by atoms with Crippen molar-refractivity contribution in [1.29, 1.82) is 0 Å². The normalized spacial score (nSPS) is 14.2. The van der Waals surface area contributed by atoms with Crippen molar-refractivity contribution in [3.8, 4) is 0 Å². The van der Waals surface area contributed by atoms with E-state index in [-0.39, 0.29) is 0 Å². The van der Waals surface area contributed by atoms with Crippen LogP contribution in [0.3, 0.4) is 0 Å². The molecule has 0 spiro atoms. The smallest absolute Gasteiger partial charge is 0.112 e. The highest BCUT2D eigenvalue weighted by Crippen LogP contribution is 2.32. The second-order valence-corrected chi connectivity index (χ2v) is 6.69. The molecule has 0 heterocycles. The Morgan fingerprint density at radius 1 is 1.05 bits per heavy atom. The molecule has 0 aliphatic carbocycles. The van der Waals surface area contributed by atoms with Gasteiger partial charge in [-0.1, -0.05) is 61.9 Å². The Kier molecular flexibility index (Phi) is 4.53. The molecule has 0 bridgehead atoms. The largest absolute Gasteiger partial charge is 0.381 e. The first kappa shape index (κ1) is 15.8. The Bertz CT molecular complexity index is 623. The number of hydrogen-bond donors (Lipinski definition) is 1. The highest BCUT2D eigenvalue weighted by molar-refractivity contribution is 5.42. The van der Waals surface area contributed by atoms with Crippen LogP contribution in [0.4, 0.5) is 0 Å². The molecule has 2 aromatic rings. The lowest BCUT2D eigenvalue weighted by Crippen LogP contribution is -2.24. The van der Waals surface area contributed by atoms with Gasteiger partial charge in [-0.05, 0) is 55.4 Å². The molecule has 0 amide bonds. The van der Waals surface area contributed by atoms with Gasteiger partial charge in [0.2, 0.25) is 0 Å². The van der Waals surface area contributed by atoms with Crippen LogP contribution in [-0.4, -0.2) is 5.11 Å².